The van der Waals surface area contributed by atoms with Crippen LogP contribution in [-0.2, 0) is 16.0 Å². The highest BCUT2D eigenvalue weighted by Gasteiger charge is 2.26. The first kappa shape index (κ1) is 19.1. The molecule has 5 nitrogen and oxygen atoms in total. The van der Waals surface area contributed by atoms with Gasteiger partial charge in [-0.25, -0.2) is 4.39 Å². The summed E-state index contributed by atoms with van der Waals surface area (Å²) in [7, 11) is 0. The topological polar surface area (TPSA) is 79.2 Å². The van der Waals surface area contributed by atoms with E-state index in [1.54, 1.807) is 48.5 Å². The Morgan fingerprint density at radius 3 is 2.58 bits per heavy atom. The highest BCUT2D eigenvalue weighted by Crippen LogP contribution is 2.24. The molecular formula is C20H19FN2O3. The number of benzene rings is 2. The number of amides is 1. The third kappa shape index (κ3) is 4.90. The molecule has 0 saturated heterocycles. The van der Waals surface area contributed by atoms with Gasteiger partial charge in [0.1, 0.15) is 11.6 Å². The normalized spacial score (nSPS) is 11.3. The highest BCUT2D eigenvalue weighted by atomic mass is 19.1. The van der Waals surface area contributed by atoms with Crippen molar-refractivity contribution in [1.29, 1.82) is 5.26 Å². The van der Waals surface area contributed by atoms with E-state index in [4.69, 9.17) is 4.74 Å². The summed E-state index contributed by atoms with van der Waals surface area (Å²) in [6.07, 6.45) is 0.0339. The van der Waals surface area contributed by atoms with Crippen LogP contribution < -0.4 is 10.1 Å². The second-order valence-electron chi connectivity index (χ2n) is 5.54. The quantitative estimate of drug-likeness (QED) is 0.736. The van der Waals surface area contributed by atoms with Crippen molar-refractivity contribution in [2.75, 3.05) is 11.9 Å². The molecule has 1 amide bonds. The molecule has 0 heterocycles. The zero-order valence-corrected chi connectivity index (χ0v) is 14.4. The molecule has 0 saturated carbocycles. The molecule has 26 heavy (non-hydrogen) atoms. The summed E-state index contributed by atoms with van der Waals surface area (Å²) < 4.78 is 19.0. The molecule has 1 N–H and O–H groups in total. The van der Waals surface area contributed by atoms with E-state index in [2.05, 4.69) is 5.32 Å². The molecule has 2 rings (SSSR count). The Hall–Kier alpha value is -3.20. The number of ether oxygens (including phenoxy) is 1. The second-order valence-corrected chi connectivity index (χ2v) is 5.54. The molecule has 1 unspecified atom stereocenters. The number of rotatable bonds is 8. The van der Waals surface area contributed by atoms with Gasteiger partial charge in [0, 0.05) is 6.42 Å². The van der Waals surface area contributed by atoms with Crippen molar-refractivity contribution in [2.45, 2.75) is 19.8 Å². The van der Waals surface area contributed by atoms with Crippen LogP contribution >= 0.6 is 0 Å². The number of hydrogen-bond acceptors (Lipinski definition) is 4. The van der Waals surface area contributed by atoms with Crippen LogP contribution in [0.25, 0.3) is 0 Å². The SMILES string of the molecule is CCOc1ccccc1NC(=O)C(C#N)C(=O)CCc1ccccc1F. The van der Waals surface area contributed by atoms with Crippen LogP contribution in [0.3, 0.4) is 0 Å². The molecule has 0 spiro atoms. The van der Waals surface area contributed by atoms with E-state index in [9.17, 15) is 19.2 Å². The molecule has 0 fully saturated rings. The minimum atomic E-state index is -1.46. The second kappa shape index (κ2) is 9.33. The number of aryl methyl sites for hydroxylation is 1. The molecule has 0 aliphatic heterocycles. The summed E-state index contributed by atoms with van der Waals surface area (Å²) >= 11 is 0. The van der Waals surface area contributed by atoms with E-state index in [1.807, 2.05) is 6.92 Å². The maximum atomic E-state index is 13.6. The van der Waals surface area contributed by atoms with Crippen molar-refractivity contribution < 1.29 is 18.7 Å². The van der Waals surface area contributed by atoms with E-state index in [1.165, 1.54) is 6.07 Å². The number of nitrogens with zero attached hydrogens (tertiary/aromatic N) is 1. The summed E-state index contributed by atoms with van der Waals surface area (Å²) in [6, 6.07) is 14.6. The van der Waals surface area contributed by atoms with Crippen molar-refractivity contribution in [2.24, 2.45) is 5.92 Å². The van der Waals surface area contributed by atoms with Crippen LogP contribution in [0.15, 0.2) is 48.5 Å². The predicted molar refractivity (Wildman–Crippen MR) is 95.1 cm³/mol. The van der Waals surface area contributed by atoms with Gasteiger partial charge in [0.05, 0.1) is 18.4 Å². The Balaban J connectivity index is 2.03. The number of anilines is 1. The molecule has 2 aromatic carbocycles. The first-order valence-electron chi connectivity index (χ1n) is 8.25. The van der Waals surface area contributed by atoms with Crippen molar-refractivity contribution in [3.63, 3.8) is 0 Å². The number of ketones is 1. The fourth-order valence-electron chi connectivity index (χ4n) is 2.44. The van der Waals surface area contributed by atoms with Gasteiger partial charge in [-0.1, -0.05) is 30.3 Å². The van der Waals surface area contributed by atoms with Crippen LogP contribution in [0.5, 0.6) is 5.75 Å². The summed E-state index contributed by atoms with van der Waals surface area (Å²) in [5.74, 6) is -2.69. The molecule has 0 bridgehead atoms. The number of carbonyl (C=O) groups excluding carboxylic acids is 2. The first-order chi connectivity index (χ1) is 12.6. The van der Waals surface area contributed by atoms with E-state index in [0.717, 1.165) is 0 Å². The van der Waals surface area contributed by atoms with Gasteiger partial charge in [0.15, 0.2) is 11.7 Å². The zero-order chi connectivity index (χ0) is 18.9. The van der Waals surface area contributed by atoms with Crippen molar-refractivity contribution in [3.8, 4) is 11.8 Å². The number of nitrogens with one attached hydrogen (secondary N) is 1. The third-order valence-corrected chi connectivity index (χ3v) is 3.76. The summed E-state index contributed by atoms with van der Waals surface area (Å²) in [5.41, 5.74) is 0.765. The lowest BCUT2D eigenvalue weighted by molar-refractivity contribution is -0.128. The molecular weight excluding hydrogens is 335 g/mol. The van der Waals surface area contributed by atoms with Crippen molar-refractivity contribution in [1.82, 2.24) is 0 Å². The van der Waals surface area contributed by atoms with Gasteiger partial charge in [-0.05, 0) is 37.1 Å². The monoisotopic (exact) mass is 354 g/mol. The number of halogens is 1. The van der Waals surface area contributed by atoms with Crippen molar-refractivity contribution >= 4 is 17.4 Å². The van der Waals surface area contributed by atoms with Gasteiger partial charge >= 0.3 is 0 Å². The Morgan fingerprint density at radius 1 is 1.19 bits per heavy atom. The molecule has 2 aromatic rings. The Kier molecular flexibility index (Phi) is 6.86. The third-order valence-electron chi connectivity index (χ3n) is 3.76. The maximum absolute atomic E-state index is 13.6. The van der Waals surface area contributed by atoms with Gasteiger partial charge in [0.2, 0.25) is 5.91 Å². The maximum Gasteiger partial charge on any atom is 0.249 e. The Morgan fingerprint density at radius 2 is 1.88 bits per heavy atom. The largest absolute Gasteiger partial charge is 0.492 e. The van der Waals surface area contributed by atoms with Gasteiger partial charge in [-0.2, -0.15) is 5.26 Å². The number of para-hydroxylation sites is 2. The van der Waals surface area contributed by atoms with Crippen LogP contribution in [0.2, 0.25) is 0 Å². The van der Waals surface area contributed by atoms with Gasteiger partial charge < -0.3 is 10.1 Å². The molecule has 6 heteroatoms. The number of nitriles is 1. The smallest absolute Gasteiger partial charge is 0.249 e. The van der Waals surface area contributed by atoms with Crippen LogP contribution in [0.4, 0.5) is 10.1 Å². The molecule has 0 radical (unpaired) electrons. The molecule has 134 valence electrons. The first-order valence-corrected chi connectivity index (χ1v) is 8.25. The fraction of sp³-hybridized carbons (Fsp3) is 0.250. The van der Waals surface area contributed by atoms with E-state index < -0.39 is 23.4 Å². The summed E-state index contributed by atoms with van der Waals surface area (Å²) in [5, 5.41) is 11.8. The number of carbonyl (C=O) groups is 2. The van der Waals surface area contributed by atoms with E-state index in [-0.39, 0.29) is 12.8 Å². The lowest BCUT2D eigenvalue weighted by atomic mass is 9.98. The average Bonchev–Trinajstić information content (AvgIpc) is 2.63. The van der Waals surface area contributed by atoms with Crippen molar-refractivity contribution in [3.05, 3.63) is 59.9 Å². The fourth-order valence-corrected chi connectivity index (χ4v) is 2.44. The molecule has 0 aliphatic rings. The molecule has 0 aromatic heterocycles. The summed E-state index contributed by atoms with van der Waals surface area (Å²) in [4.78, 5) is 24.6. The van der Waals surface area contributed by atoms with E-state index in [0.29, 0.717) is 23.6 Å². The van der Waals surface area contributed by atoms with Gasteiger partial charge in [-0.15, -0.1) is 0 Å². The zero-order valence-electron chi connectivity index (χ0n) is 14.4. The van der Waals surface area contributed by atoms with Crippen LogP contribution in [-0.4, -0.2) is 18.3 Å². The lowest BCUT2D eigenvalue weighted by Gasteiger charge is -2.13. The number of hydrogen-bond donors (Lipinski definition) is 1. The van der Waals surface area contributed by atoms with Crippen LogP contribution in [0.1, 0.15) is 18.9 Å². The van der Waals surface area contributed by atoms with E-state index >= 15 is 0 Å². The predicted octanol–water partition coefficient (Wildman–Crippen LogP) is 3.50. The summed E-state index contributed by atoms with van der Waals surface area (Å²) in [6.45, 7) is 2.22. The highest BCUT2D eigenvalue weighted by molar-refractivity contribution is 6.09. The van der Waals surface area contributed by atoms with Gasteiger partial charge in [0.25, 0.3) is 0 Å². The van der Waals surface area contributed by atoms with Gasteiger partial charge in [-0.3, -0.25) is 9.59 Å². The molecule has 0 aliphatic carbocycles. The lowest BCUT2D eigenvalue weighted by Crippen LogP contribution is -2.29. The van der Waals surface area contributed by atoms with Crippen LogP contribution in [0, 0.1) is 23.1 Å². The Bertz CT molecular complexity index is 830. The number of Topliss-reactive ketones (excluding diaryl/α,β-unsaturated/α-hetero) is 1. The average molecular weight is 354 g/mol. The minimum Gasteiger partial charge on any atom is -0.492 e. The molecule has 1 atom stereocenters. The standard InChI is InChI=1S/C20H19FN2O3/c1-2-26-19-10-6-5-9-17(19)23-20(25)15(13-22)18(24)12-11-14-7-3-4-8-16(14)21/h3-10,15H,2,11-12H2,1H3,(H,23,25). The Labute approximate surface area is 151 Å². The minimum absolute atomic E-state index is 0.0975.